The van der Waals surface area contributed by atoms with Crippen molar-refractivity contribution in [2.45, 2.75) is 62.7 Å². The molecule has 1 aliphatic rings. The number of para-hydroxylation sites is 1. The second-order valence-corrected chi connectivity index (χ2v) is 10.4. The van der Waals surface area contributed by atoms with Gasteiger partial charge in [0, 0.05) is 42.9 Å². The molecule has 3 amide bonds. The number of aliphatic carboxylic acids is 2. The van der Waals surface area contributed by atoms with Crippen LogP contribution in [0.15, 0.2) is 60.8 Å². The Balaban J connectivity index is 1.49. The van der Waals surface area contributed by atoms with E-state index >= 15 is 0 Å². The van der Waals surface area contributed by atoms with Crippen LogP contribution in [-0.2, 0) is 36.8 Å². The van der Waals surface area contributed by atoms with Gasteiger partial charge >= 0.3 is 11.9 Å². The zero-order valence-corrected chi connectivity index (χ0v) is 23.0. The van der Waals surface area contributed by atoms with Gasteiger partial charge in [-0.15, -0.1) is 0 Å². The van der Waals surface area contributed by atoms with Crippen LogP contribution in [0.2, 0.25) is 0 Å². The van der Waals surface area contributed by atoms with E-state index in [2.05, 4.69) is 15.6 Å². The molecular formula is C30H35N5O7. The lowest BCUT2D eigenvalue weighted by Crippen LogP contribution is -2.57. The van der Waals surface area contributed by atoms with Gasteiger partial charge in [-0.2, -0.15) is 0 Å². The number of likely N-dealkylation sites (tertiary alicyclic amines) is 1. The fraction of sp³-hybridized carbons (Fsp3) is 0.367. The van der Waals surface area contributed by atoms with Crippen molar-refractivity contribution < 1.29 is 34.2 Å². The number of amides is 3. The lowest BCUT2D eigenvalue weighted by Gasteiger charge is -2.28. The van der Waals surface area contributed by atoms with Crippen molar-refractivity contribution >= 4 is 40.6 Å². The van der Waals surface area contributed by atoms with Gasteiger partial charge in [0.25, 0.3) is 0 Å². The predicted molar refractivity (Wildman–Crippen MR) is 153 cm³/mol. The second kappa shape index (κ2) is 13.8. The standard InChI is InChI=1S/C30H35N5O7/c31-21(12-13-26(36)37)29(40)35-14-6-11-25(35)28(39)33-23(15-18-7-2-1-3-8-18)27(38)34-24(30(41)42)16-19-17-32-22-10-5-4-9-20(19)22/h1-5,7-10,17,21,23-25,32H,6,11-16,31H2,(H,33,39)(H,34,38)(H,36,37)(H,41,42). The Morgan fingerprint density at radius 3 is 2.38 bits per heavy atom. The zero-order chi connectivity index (χ0) is 30.2. The van der Waals surface area contributed by atoms with Gasteiger partial charge in [-0.3, -0.25) is 19.2 Å². The largest absolute Gasteiger partial charge is 0.481 e. The van der Waals surface area contributed by atoms with E-state index in [1.807, 2.05) is 30.3 Å². The molecule has 42 heavy (non-hydrogen) atoms. The number of carboxylic acids is 2. The normalized spacial score (nSPS) is 16.9. The summed E-state index contributed by atoms with van der Waals surface area (Å²) in [5.41, 5.74) is 8.24. The summed E-state index contributed by atoms with van der Waals surface area (Å²) in [6, 6.07) is 12.1. The summed E-state index contributed by atoms with van der Waals surface area (Å²) in [6.45, 7) is 0.277. The van der Waals surface area contributed by atoms with E-state index in [0.717, 1.165) is 22.0 Å². The maximum absolute atomic E-state index is 13.5. The number of benzene rings is 2. The highest BCUT2D eigenvalue weighted by atomic mass is 16.4. The first kappa shape index (κ1) is 30.3. The second-order valence-electron chi connectivity index (χ2n) is 10.4. The highest BCUT2D eigenvalue weighted by Gasteiger charge is 2.38. The first-order valence-corrected chi connectivity index (χ1v) is 13.8. The molecule has 12 nitrogen and oxygen atoms in total. The molecule has 0 saturated carbocycles. The quantitative estimate of drug-likeness (QED) is 0.174. The van der Waals surface area contributed by atoms with Gasteiger partial charge in [0.05, 0.1) is 6.04 Å². The lowest BCUT2D eigenvalue weighted by molar-refractivity contribution is -0.143. The predicted octanol–water partition coefficient (Wildman–Crippen LogP) is 1.19. The summed E-state index contributed by atoms with van der Waals surface area (Å²) >= 11 is 0. The van der Waals surface area contributed by atoms with Crippen molar-refractivity contribution in [3.05, 3.63) is 71.9 Å². The molecule has 2 aromatic carbocycles. The maximum atomic E-state index is 13.5. The van der Waals surface area contributed by atoms with Gasteiger partial charge in [-0.1, -0.05) is 48.5 Å². The SMILES string of the molecule is NC(CCC(=O)O)C(=O)N1CCCC1C(=O)NC(Cc1ccccc1)C(=O)NC(Cc1c[nH]c2ccccc12)C(=O)O. The van der Waals surface area contributed by atoms with Crippen LogP contribution in [0.5, 0.6) is 0 Å². The minimum atomic E-state index is -1.26. The van der Waals surface area contributed by atoms with Gasteiger partial charge in [0.1, 0.15) is 18.1 Å². The van der Waals surface area contributed by atoms with Crippen LogP contribution in [0.25, 0.3) is 10.9 Å². The number of H-pyrrole nitrogens is 1. The minimum absolute atomic E-state index is 0.0240. The molecule has 1 fully saturated rings. The van der Waals surface area contributed by atoms with Crippen LogP contribution in [0.4, 0.5) is 0 Å². The van der Waals surface area contributed by atoms with Gasteiger partial charge in [-0.05, 0) is 36.5 Å². The Kier molecular flexibility index (Phi) is 9.92. The van der Waals surface area contributed by atoms with Crippen LogP contribution < -0.4 is 16.4 Å². The molecule has 1 saturated heterocycles. The van der Waals surface area contributed by atoms with Crippen LogP contribution in [0.3, 0.4) is 0 Å². The van der Waals surface area contributed by atoms with E-state index in [1.165, 1.54) is 4.90 Å². The molecule has 0 aliphatic carbocycles. The molecule has 0 radical (unpaired) electrons. The van der Waals surface area contributed by atoms with Crippen LogP contribution in [0, 0.1) is 0 Å². The number of aromatic nitrogens is 1. The van der Waals surface area contributed by atoms with E-state index in [-0.39, 0.29) is 32.2 Å². The van der Waals surface area contributed by atoms with E-state index < -0.39 is 53.8 Å². The molecule has 0 bridgehead atoms. The number of aromatic amines is 1. The number of hydrogen-bond acceptors (Lipinski definition) is 6. The van der Waals surface area contributed by atoms with Gasteiger partial charge in [-0.25, -0.2) is 4.79 Å². The van der Waals surface area contributed by atoms with E-state index in [0.29, 0.717) is 12.8 Å². The van der Waals surface area contributed by atoms with Gasteiger partial charge in [0.15, 0.2) is 0 Å². The van der Waals surface area contributed by atoms with E-state index in [9.17, 15) is 29.1 Å². The van der Waals surface area contributed by atoms with Gasteiger partial charge < -0.3 is 36.5 Å². The van der Waals surface area contributed by atoms with Gasteiger partial charge in [0.2, 0.25) is 17.7 Å². The summed E-state index contributed by atoms with van der Waals surface area (Å²) in [4.78, 5) is 67.4. The first-order chi connectivity index (χ1) is 20.1. The average Bonchev–Trinajstić information content (AvgIpc) is 3.63. The third kappa shape index (κ3) is 7.52. The Morgan fingerprint density at radius 1 is 0.952 bits per heavy atom. The Labute approximate surface area is 242 Å². The summed E-state index contributed by atoms with van der Waals surface area (Å²) in [7, 11) is 0. The average molecular weight is 578 g/mol. The highest BCUT2D eigenvalue weighted by molar-refractivity contribution is 5.95. The molecule has 1 aromatic heterocycles. The summed E-state index contributed by atoms with van der Waals surface area (Å²) in [6.07, 6.45) is 2.37. The molecule has 0 spiro atoms. The van der Waals surface area contributed by atoms with Crippen molar-refractivity contribution in [2.75, 3.05) is 6.54 Å². The molecule has 4 rings (SSSR count). The number of carbonyl (C=O) groups is 5. The smallest absolute Gasteiger partial charge is 0.326 e. The maximum Gasteiger partial charge on any atom is 0.326 e. The summed E-state index contributed by atoms with van der Waals surface area (Å²) in [5, 5.41) is 25.0. The molecule has 7 N–H and O–H groups in total. The summed E-state index contributed by atoms with van der Waals surface area (Å²) < 4.78 is 0. The molecule has 222 valence electrons. The number of carboxylic acid groups (broad SMARTS) is 2. The summed E-state index contributed by atoms with van der Waals surface area (Å²) in [5.74, 6) is -4.06. The molecular weight excluding hydrogens is 542 g/mol. The minimum Gasteiger partial charge on any atom is -0.481 e. The van der Waals surface area contributed by atoms with Crippen molar-refractivity contribution in [3.8, 4) is 0 Å². The number of fused-ring (bicyclic) bond motifs is 1. The molecule has 12 heteroatoms. The van der Waals surface area contributed by atoms with Crippen molar-refractivity contribution in [2.24, 2.45) is 5.73 Å². The zero-order valence-electron chi connectivity index (χ0n) is 23.0. The Morgan fingerprint density at radius 2 is 1.67 bits per heavy atom. The fourth-order valence-electron chi connectivity index (χ4n) is 5.24. The van der Waals surface area contributed by atoms with Crippen molar-refractivity contribution in [1.29, 1.82) is 0 Å². The lowest BCUT2D eigenvalue weighted by atomic mass is 10.0. The third-order valence-corrected chi connectivity index (χ3v) is 7.45. The third-order valence-electron chi connectivity index (χ3n) is 7.45. The first-order valence-electron chi connectivity index (χ1n) is 13.8. The Bertz CT molecular complexity index is 1440. The van der Waals surface area contributed by atoms with Crippen LogP contribution in [0.1, 0.15) is 36.8 Å². The van der Waals surface area contributed by atoms with Crippen molar-refractivity contribution in [1.82, 2.24) is 20.5 Å². The van der Waals surface area contributed by atoms with Crippen LogP contribution in [-0.4, -0.2) is 80.5 Å². The fourth-order valence-corrected chi connectivity index (χ4v) is 5.24. The van der Waals surface area contributed by atoms with Crippen molar-refractivity contribution in [3.63, 3.8) is 0 Å². The number of nitrogens with one attached hydrogen (secondary N) is 3. The number of nitrogens with zero attached hydrogens (tertiary/aromatic N) is 1. The van der Waals surface area contributed by atoms with E-state index in [1.54, 1.807) is 30.5 Å². The molecule has 4 unspecified atom stereocenters. The number of rotatable bonds is 13. The number of carbonyl (C=O) groups excluding carboxylic acids is 3. The monoisotopic (exact) mass is 577 g/mol. The molecule has 2 heterocycles. The number of nitrogens with two attached hydrogens (primary N) is 1. The molecule has 4 atom stereocenters. The Hall–Kier alpha value is -4.71. The highest BCUT2D eigenvalue weighted by Crippen LogP contribution is 2.21. The number of hydrogen-bond donors (Lipinski definition) is 6. The van der Waals surface area contributed by atoms with E-state index in [4.69, 9.17) is 10.8 Å². The molecule has 1 aliphatic heterocycles. The molecule has 3 aromatic rings. The topological polar surface area (TPSA) is 195 Å². The van der Waals surface area contributed by atoms with Crippen LogP contribution >= 0.6 is 0 Å².